The topological polar surface area (TPSA) is 45.1 Å². The van der Waals surface area contributed by atoms with Crippen LogP contribution in [0, 0.1) is 13.8 Å². The second kappa shape index (κ2) is 6.92. The van der Waals surface area contributed by atoms with Crippen molar-refractivity contribution < 1.29 is 5.11 Å². The van der Waals surface area contributed by atoms with Gasteiger partial charge in [-0.1, -0.05) is 30.7 Å². The van der Waals surface area contributed by atoms with Crippen LogP contribution in [0.25, 0.3) is 0 Å². The molecule has 112 valence electrons. The van der Waals surface area contributed by atoms with Gasteiger partial charge in [-0.05, 0) is 54.7 Å². The van der Waals surface area contributed by atoms with Crippen molar-refractivity contribution in [2.75, 3.05) is 5.32 Å². The summed E-state index contributed by atoms with van der Waals surface area (Å²) >= 11 is 6.09. The molecule has 4 heteroatoms. The molecule has 0 radical (unpaired) electrons. The maximum absolute atomic E-state index is 9.35. The van der Waals surface area contributed by atoms with E-state index in [2.05, 4.69) is 23.3 Å². The molecule has 0 aliphatic carbocycles. The molecule has 0 amide bonds. The van der Waals surface area contributed by atoms with Gasteiger partial charge in [0.05, 0.1) is 12.6 Å². The molecule has 2 rings (SSSR count). The molecule has 2 N–H and O–H groups in total. The molecule has 21 heavy (non-hydrogen) atoms. The Kier molecular flexibility index (Phi) is 5.21. The van der Waals surface area contributed by atoms with Gasteiger partial charge in [0, 0.05) is 11.2 Å². The van der Waals surface area contributed by atoms with Crippen molar-refractivity contribution in [2.24, 2.45) is 0 Å². The van der Waals surface area contributed by atoms with Crippen molar-refractivity contribution in [3.8, 4) is 0 Å². The summed E-state index contributed by atoms with van der Waals surface area (Å²) in [6.07, 6.45) is 2.72. The number of aryl methyl sites for hydroxylation is 2. The van der Waals surface area contributed by atoms with Crippen LogP contribution in [0.3, 0.4) is 0 Å². The summed E-state index contributed by atoms with van der Waals surface area (Å²) < 4.78 is 0. The smallest absolute Gasteiger partial charge is 0.126 e. The van der Waals surface area contributed by atoms with E-state index in [9.17, 15) is 5.11 Å². The van der Waals surface area contributed by atoms with Gasteiger partial charge in [-0.2, -0.15) is 0 Å². The number of rotatable bonds is 5. The zero-order valence-electron chi connectivity index (χ0n) is 12.7. The number of aliphatic hydroxyl groups is 1. The number of nitrogens with zero attached hydrogens (tertiary/aromatic N) is 1. The predicted octanol–water partition coefficient (Wildman–Crippen LogP) is 4.41. The molecule has 1 heterocycles. The number of benzene rings is 1. The largest absolute Gasteiger partial charge is 0.392 e. The minimum atomic E-state index is 0.0277. The molecule has 0 aliphatic heterocycles. The Morgan fingerprint density at radius 3 is 2.62 bits per heavy atom. The normalized spacial score (nSPS) is 12.2. The Balaban J connectivity index is 2.24. The van der Waals surface area contributed by atoms with Crippen molar-refractivity contribution in [2.45, 2.75) is 39.8 Å². The maximum atomic E-state index is 9.35. The van der Waals surface area contributed by atoms with Crippen molar-refractivity contribution in [1.29, 1.82) is 0 Å². The molecule has 0 unspecified atom stereocenters. The van der Waals surface area contributed by atoms with E-state index >= 15 is 0 Å². The van der Waals surface area contributed by atoms with Crippen molar-refractivity contribution >= 4 is 17.4 Å². The fourth-order valence-corrected chi connectivity index (χ4v) is 2.42. The lowest BCUT2D eigenvalue weighted by atomic mass is 10.0. The quantitative estimate of drug-likeness (QED) is 0.860. The molecule has 1 atom stereocenters. The third-order valence-corrected chi connectivity index (χ3v) is 4.12. The number of pyridine rings is 1. The zero-order valence-corrected chi connectivity index (χ0v) is 13.4. The molecule has 0 saturated heterocycles. The van der Waals surface area contributed by atoms with Crippen LogP contribution in [0.5, 0.6) is 0 Å². The predicted molar refractivity (Wildman–Crippen MR) is 87.7 cm³/mol. The first-order valence-corrected chi connectivity index (χ1v) is 7.52. The van der Waals surface area contributed by atoms with Gasteiger partial charge < -0.3 is 10.4 Å². The zero-order chi connectivity index (χ0) is 15.4. The number of nitrogens with one attached hydrogen (secondary N) is 1. The lowest BCUT2D eigenvalue weighted by Crippen LogP contribution is -2.11. The molecule has 2 aromatic rings. The second-order valence-corrected chi connectivity index (χ2v) is 5.68. The van der Waals surface area contributed by atoms with Crippen LogP contribution in [0.1, 0.15) is 41.6 Å². The summed E-state index contributed by atoms with van der Waals surface area (Å²) in [6, 6.07) is 8.14. The minimum absolute atomic E-state index is 0.0277. The number of aromatic nitrogens is 1. The third kappa shape index (κ3) is 3.74. The number of aliphatic hydroxyl groups excluding tert-OH is 1. The van der Waals surface area contributed by atoms with Gasteiger partial charge in [-0.3, -0.25) is 0 Å². The summed E-state index contributed by atoms with van der Waals surface area (Å²) in [5.41, 5.74) is 4.16. The average molecular weight is 305 g/mol. The highest BCUT2D eigenvalue weighted by Crippen LogP contribution is 2.26. The highest BCUT2D eigenvalue weighted by Gasteiger charge is 2.11. The average Bonchev–Trinajstić information content (AvgIpc) is 2.49. The van der Waals surface area contributed by atoms with E-state index in [1.165, 1.54) is 5.56 Å². The van der Waals surface area contributed by atoms with Crippen LogP contribution >= 0.6 is 11.6 Å². The summed E-state index contributed by atoms with van der Waals surface area (Å²) in [5, 5.41) is 13.6. The van der Waals surface area contributed by atoms with Gasteiger partial charge in [-0.25, -0.2) is 4.98 Å². The summed E-state index contributed by atoms with van der Waals surface area (Å²) in [4.78, 5) is 4.39. The van der Waals surface area contributed by atoms with Crippen LogP contribution in [0.2, 0.25) is 5.02 Å². The highest BCUT2D eigenvalue weighted by molar-refractivity contribution is 6.31. The van der Waals surface area contributed by atoms with Crippen LogP contribution in [-0.2, 0) is 6.61 Å². The van der Waals surface area contributed by atoms with Gasteiger partial charge in [0.2, 0.25) is 0 Å². The van der Waals surface area contributed by atoms with E-state index in [1.54, 1.807) is 6.20 Å². The number of halogens is 1. The van der Waals surface area contributed by atoms with Gasteiger partial charge in [0.15, 0.2) is 0 Å². The summed E-state index contributed by atoms with van der Waals surface area (Å²) in [7, 11) is 0. The van der Waals surface area contributed by atoms with E-state index in [0.717, 1.165) is 34.0 Å². The van der Waals surface area contributed by atoms with E-state index in [-0.39, 0.29) is 12.6 Å². The molecular formula is C17H21ClN2O. The minimum Gasteiger partial charge on any atom is -0.392 e. The SMILES string of the molecule is CC[C@@H](Nc1cc(CO)c(C)cn1)c1ccc(Cl)c(C)c1. The van der Waals surface area contributed by atoms with E-state index in [0.29, 0.717) is 0 Å². The van der Waals surface area contributed by atoms with Gasteiger partial charge in [-0.15, -0.1) is 0 Å². The Morgan fingerprint density at radius 1 is 1.24 bits per heavy atom. The van der Waals surface area contributed by atoms with Crippen molar-refractivity contribution in [3.05, 3.63) is 57.7 Å². The van der Waals surface area contributed by atoms with Crippen molar-refractivity contribution in [3.63, 3.8) is 0 Å². The van der Waals surface area contributed by atoms with E-state index in [1.807, 2.05) is 32.0 Å². The van der Waals surface area contributed by atoms with Gasteiger partial charge in [0.1, 0.15) is 5.82 Å². The molecule has 0 saturated carbocycles. The Hall–Kier alpha value is -1.58. The molecule has 0 bridgehead atoms. The standard InChI is InChI=1S/C17H21ClN2O/c1-4-16(13-5-6-15(18)11(2)7-13)20-17-8-14(10-21)12(3)9-19-17/h5-9,16,21H,4,10H2,1-3H3,(H,19,20)/t16-/m1/s1. The van der Waals surface area contributed by atoms with Gasteiger partial charge >= 0.3 is 0 Å². The molecule has 0 aliphatic rings. The van der Waals surface area contributed by atoms with E-state index in [4.69, 9.17) is 11.6 Å². The molecule has 0 fully saturated rings. The highest BCUT2D eigenvalue weighted by atomic mass is 35.5. The Morgan fingerprint density at radius 2 is 2.00 bits per heavy atom. The fraction of sp³-hybridized carbons (Fsp3) is 0.353. The molecule has 0 spiro atoms. The summed E-state index contributed by atoms with van der Waals surface area (Å²) in [6.45, 7) is 6.11. The Labute approximate surface area is 131 Å². The van der Waals surface area contributed by atoms with Crippen LogP contribution < -0.4 is 5.32 Å². The van der Waals surface area contributed by atoms with Crippen LogP contribution in [0.15, 0.2) is 30.5 Å². The fourth-order valence-electron chi connectivity index (χ4n) is 2.30. The number of anilines is 1. The maximum Gasteiger partial charge on any atom is 0.126 e. The monoisotopic (exact) mass is 304 g/mol. The molecule has 1 aromatic carbocycles. The van der Waals surface area contributed by atoms with Crippen LogP contribution in [-0.4, -0.2) is 10.1 Å². The second-order valence-electron chi connectivity index (χ2n) is 5.27. The lowest BCUT2D eigenvalue weighted by molar-refractivity contribution is 0.281. The third-order valence-electron chi connectivity index (χ3n) is 3.70. The Bertz CT molecular complexity index is 628. The first kappa shape index (κ1) is 15.8. The first-order valence-electron chi connectivity index (χ1n) is 7.14. The summed E-state index contributed by atoms with van der Waals surface area (Å²) in [5.74, 6) is 0.782. The van der Waals surface area contributed by atoms with Crippen molar-refractivity contribution in [1.82, 2.24) is 4.98 Å². The molecule has 3 nitrogen and oxygen atoms in total. The number of hydrogen-bond donors (Lipinski definition) is 2. The lowest BCUT2D eigenvalue weighted by Gasteiger charge is -2.19. The van der Waals surface area contributed by atoms with Gasteiger partial charge in [0.25, 0.3) is 0 Å². The van der Waals surface area contributed by atoms with Crippen LogP contribution in [0.4, 0.5) is 5.82 Å². The first-order chi connectivity index (χ1) is 10.0. The molecule has 1 aromatic heterocycles. The molecular weight excluding hydrogens is 284 g/mol. The number of hydrogen-bond acceptors (Lipinski definition) is 3. The van der Waals surface area contributed by atoms with E-state index < -0.39 is 0 Å².